The molecule has 0 radical (unpaired) electrons. The Hall–Kier alpha value is -2.05. The van der Waals surface area contributed by atoms with Gasteiger partial charge in [0.15, 0.2) is 11.5 Å². The van der Waals surface area contributed by atoms with E-state index in [0.717, 1.165) is 0 Å². The number of aromatic amines is 1. The SMILES string of the molecule is CCc1nnc2c(N)c(C(=O)O)[nH]n12. The summed E-state index contributed by atoms with van der Waals surface area (Å²) in [7, 11) is 0. The molecular formula is C7H9N5O2. The van der Waals surface area contributed by atoms with Crippen LogP contribution in [0.4, 0.5) is 5.69 Å². The zero-order chi connectivity index (χ0) is 10.3. The number of carboxylic acids is 1. The first-order valence-corrected chi connectivity index (χ1v) is 4.10. The number of hydrogen-bond donors (Lipinski definition) is 3. The van der Waals surface area contributed by atoms with Gasteiger partial charge in [0.25, 0.3) is 0 Å². The standard InChI is InChI=1S/C7H9N5O2/c1-2-3-9-10-6-4(8)5(7(13)14)11-12(3)6/h11H,2,8H2,1H3,(H,13,14). The van der Waals surface area contributed by atoms with Gasteiger partial charge in [0, 0.05) is 6.42 Å². The quantitative estimate of drug-likeness (QED) is 0.619. The van der Waals surface area contributed by atoms with Crippen molar-refractivity contribution in [2.24, 2.45) is 0 Å². The number of aromatic nitrogens is 4. The van der Waals surface area contributed by atoms with Gasteiger partial charge in [-0.15, -0.1) is 10.2 Å². The second-order valence-electron chi connectivity index (χ2n) is 2.83. The van der Waals surface area contributed by atoms with Crippen LogP contribution in [0.3, 0.4) is 0 Å². The summed E-state index contributed by atoms with van der Waals surface area (Å²) in [6.07, 6.45) is 0.653. The number of aryl methyl sites for hydroxylation is 1. The van der Waals surface area contributed by atoms with Crippen LogP contribution in [0, 0.1) is 0 Å². The first-order valence-electron chi connectivity index (χ1n) is 4.10. The molecule has 0 saturated heterocycles. The van der Waals surface area contributed by atoms with E-state index in [-0.39, 0.29) is 11.4 Å². The fourth-order valence-corrected chi connectivity index (χ4v) is 1.28. The second kappa shape index (κ2) is 2.72. The highest BCUT2D eigenvalue weighted by Gasteiger charge is 2.18. The average molecular weight is 195 g/mol. The Morgan fingerprint density at radius 3 is 2.93 bits per heavy atom. The average Bonchev–Trinajstić information content (AvgIpc) is 2.66. The van der Waals surface area contributed by atoms with Crippen LogP contribution in [0.2, 0.25) is 0 Å². The van der Waals surface area contributed by atoms with E-state index in [1.807, 2.05) is 6.92 Å². The van der Waals surface area contributed by atoms with Gasteiger partial charge in [-0.25, -0.2) is 9.31 Å². The number of nitrogens with two attached hydrogens (primary N) is 1. The summed E-state index contributed by atoms with van der Waals surface area (Å²) in [4.78, 5) is 10.7. The molecule has 14 heavy (non-hydrogen) atoms. The van der Waals surface area contributed by atoms with Crippen LogP contribution in [0.1, 0.15) is 23.2 Å². The van der Waals surface area contributed by atoms with Gasteiger partial charge >= 0.3 is 5.97 Å². The molecule has 0 bridgehead atoms. The number of nitrogen functional groups attached to an aromatic ring is 1. The Labute approximate surface area is 78.5 Å². The summed E-state index contributed by atoms with van der Waals surface area (Å²) in [6.45, 7) is 1.90. The molecule has 0 spiro atoms. The monoisotopic (exact) mass is 195 g/mol. The maximum absolute atomic E-state index is 10.7. The lowest BCUT2D eigenvalue weighted by atomic mass is 10.4. The summed E-state index contributed by atoms with van der Waals surface area (Å²) in [6, 6.07) is 0. The predicted molar refractivity (Wildman–Crippen MR) is 48.1 cm³/mol. The fourth-order valence-electron chi connectivity index (χ4n) is 1.28. The first-order chi connectivity index (χ1) is 6.65. The lowest BCUT2D eigenvalue weighted by Gasteiger charge is -1.90. The molecule has 7 nitrogen and oxygen atoms in total. The van der Waals surface area contributed by atoms with Crippen LogP contribution in [0.5, 0.6) is 0 Å². The number of carboxylic acid groups (broad SMARTS) is 1. The number of nitrogens with zero attached hydrogens (tertiary/aromatic N) is 3. The highest BCUT2D eigenvalue weighted by molar-refractivity contribution is 5.95. The summed E-state index contributed by atoms with van der Waals surface area (Å²) >= 11 is 0. The van der Waals surface area contributed by atoms with Gasteiger partial charge in [-0.2, -0.15) is 0 Å². The van der Waals surface area contributed by atoms with Crippen molar-refractivity contribution in [3.05, 3.63) is 11.5 Å². The third kappa shape index (κ3) is 0.951. The van der Waals surface area contributed by atoms with Gasteiger partial charge in [-0.05, 0) is 0 Å². The van der Waals surface area contributed by atoms with Gasteiger partial charge in [0.2, 0.25) is 5.65 Å². The molecule has 2 aromatic rings. The van der Waals surface area contributed by atoms with E-state index < -0.39 is 5.97 Å². The molecule has 0 aliphatic heterocycles. The summed E-state index contributed by atoms with van der Waals surface area (Å²) in [5.41, 5.74) is 6.00. The molecule has 74 valence electrons. The molecule has 0 saturated carbocycles. The van der Waals surface area contributed by atoms with Crippen molar-refractivity contribution in [3.63, 3.8) is 0 Å². The molecule has 0 aromatic carbocycles. The summed E-state index contributed by atoms with van der Waals surface area (Å²) < 4.78 is 1.48. The minimum absolute atomic E-state index is 0.0513. The van der Waals surface area contributed by atoms with Crippen LogP contribution in [-0.2, 0) is 6.42 Å². The maximum Gasteiger partial charge on any atom is 0.356 e. The minimum Gasteiger partial charge on any atom is -0.476 e. The van der Waals surface area contributed by atoms with Gasteiger partial charge in [0.05, 0.1) is 0 Å². The number of nitrogens with one attached hydrogen (secondary N) is 1. The van der Waals surface area contributed by atoms with Crippen molar-refractivity contribution in [1.82, 2.24) is 19.8 Å². The second-order valence-corrected chi connectivity index (χ2v) is 2.83. The largest absolute Gasteiger partial charge is 0.476 e. The topological polar surface area (TPSA) is 109 Å². The van der Waals surface area contributed by atoms with Crippen LogP contribution in [-0.4, -0.2) is 30.9 Å². The summed E-state index contributed by atoms with van der Waals surface area (Å²) in [5.74, 6) is -0.450. The molecule has 0 atom stereocenters. The maximum atomic E-state index is 10.7. The van der Waals surface area contributed by atoms with Crippen molar-refractivity contribution in [2.45, 2.75) is 13.3 Å². The zero-order valence-corrected chi connectivity index (χ0v) is 7.48. The van der Waals surface area contributed by atoms with E-state index in [0.29, 0.717) is 17.9 Å². The van der Waals surface area contributed by atoms with E-state index in [2.05, 4.69) is 15.3 Å². The van der Waals surface area contributed by atoms with Crippen molar-refractivity contribution in [3.8, 4) is 0 Å². The van der Waals surface area contributed by atoms with Crippen molar-refractivity contribution >= 4 is 17.3 Å². The van der Waals surface area contributed by atoms with E-state index in [1.54, 1.807) is 0 Å². The Bertz CT molecular complexity index is 497. The van der Waals surface area contributed by atoms with Crippen LogP contribution in [0.15, 0.2) is 0 Å². The molecular weight excluding hydrogens is 186 g/mol. The molecule has 0 amide bonds. The number of anilines is 1. The smallest absolute Gasteiger partial charge is 0.356 e. The van der Waals surface area contributed by atoms with E-state index in [4.69, 9.17) is 10.8 Å². The van der Waals surface area contributed by atoms with Crippen LogP contribution in [0.25, 0.3) is 5.65 Å². The Morgan fingerprint density at radius 2 is 2.36 bits per heavy atom. The van der Waals surface area contributed by atoms with E-state index in [1.165, 1.54) is 4.52 Å². The minimum atomic E-state index is -1.10. The van der Waals surface area contributed by atoms with Gasteiger partial charge in [-0.1, -0.05) is 6.92 Å². The fraction of sp³-hybridized carbons (Fsp3) is 0.286. The number of carbonyl (C=O) groups is 1. The van der Waals surface area contributed by atoms with Gasteiger partial charge < -0.3 is 10.8 Å². The molecule has 7 heteroatoms. The zero-order valence-electron chi connectivity index (χ0n) is 7.48. The normalized spacial score (nSPS) is 10.9. The molecule has 0 aliphatic rings. The highest BCUT2D eigenvalue weighted by Crippen LogP contribution is 2.17. The molecule has 2 aromatic heterocycles. The lowest BCUT2D eigenvalue weighted by Crippen LogP contribution is -2.02. The number of hydrogen-bond acceptors (Lipinski definition) is 4. The van der Waals surface area contributed by atoms with E-state index in [9.17, 15) is 4.79 Å². The van der Waals surface area contributed by atoms with E-state index >= 15 is 0 Å². The molecule has 2 heterocycles. The molecule has 0 fully saturated rings. The Morgan fingerprint density at radius 1 is 1.64 bits per heavy atom. The highest BCUT2D eigenvalue weighted by atomic mass is 16.4. The Kier molecular flexibility index (Phi) is 1.66. The first kappa shape index (κ1) is 8.54. The third-order valence-electron chi connectivity index (χ3n) is 1.99. The van der Waals surface area contributed by atoms with Crippen molar-refractivity contribution in [2.75, 3.05) is 5.73 Å². The van der Waals surface area contributed by atoms with Crippen molar-refractivity contribution < 1.29 is 9.90 Å². The predicted octanol–water partition coefficient (Wildman–Crippen LogP) is -0.0998. The number of H-pyrrole nitrogens is 1. The third-order valence-corrected chi connectivity index (χ3v) is 1.99. The van der Waals surface area contributed by atoms with Gasteiger partial charge in [-0.3, -0.25) is 5.10 Å². The number of aromatic carboxylic acids is 1. The summed E-state index contributed by atoms with van der Waals surface area (Å²) in [5, 5.41) is 19.0. The molecule has 0 aliphatic carbocycles. The van der Waals surface area contributed by atoms with Gasteiger partial charge in [0.1, 0.15) is 5.69 Å². The van der Waals surface area contributed by atoms with Crippen LogP contribution >= 0.6 is 0 Å². The molecule has 0 unspecified atom stereocenters. The van der Waals surface area contributed by atoms with Crippen molar-refractivity contribution in [1.29, 1.82) is 0 Å². The molecule has 2 rings (SSSR count). The lowest BCUT2D eigenvalue weighted by molar-refractivity contribution is 0.0691. The molecule has 4 N–H and O–H groups in total. The Balaban J connectivity index is 2.74. The number of rotatable bonds is 2. The number of fused-ring (bicyclic) bond motifs is 1. The van der Waals surface area contributed by atoms with Crippen LogP contribution < -0.4 is 5.73 Å².